The second-order valence-electron chi connectivity index (χ2n) is 6.13. The molecule has 0 radical (unpaired) electrons. The Bertz CT molecular complexity index is 747. The topological polar surface area (TPSA) is 63.5 Å². The molecule has 0 atom stereocenters. The van der Waals surface area contributed by atoms with Gasteiger partial charge in [-0.3, -0.25) is 0 Å². The van der Waals surface area contributed by atoms with Crippen LogP contribution in [0.25, 0.3) is 11.0 Å². The highest BCUT2D eigenvalue weighted by Gasteiger charge is 2.26. The van der Waals surface area contributed by atoms with E-state index in [1.165, 1.54) is 0 Å². The van der Waals surface area contributed by atoms with Crippen molar-refractivity contribution in [2.75, 3.05) is 44.7 Å². The third-order valence-corrected chi connectivity index (χ3v) is 4.54. The lowest BCUT2D eigenvalue weighted by Crippen LogP contribution is -2.45. The Kier molecular flexibility index (Phi) is 4.71. The Morgan fingerprint density at radius 1 is 1.25 bits per heavy atom. The molecule has 0 aliphatic carbocycles. The van der Waals surface area contributed by atoms with Crippen molar-refractivity contribution < 1.29 is 9.53 Å². The SMILES string of the molecule is CCOC(=O)c1c(C)nc(N2CCN(C)CC2)c2ncn(CC)c12. The number of aryl methyl sites for hydroxylation is 2. The van der Waals surface area contributed by atoms with Gasteiger partial charge in [0, 0.05) is 32.7 Å². The van der Waals surface area contributed by atoms with Crippen LogP contribution in [0.1, 0.15) is 29.9 Å². The maximum absolute atomic E-state index is 12.5. The van der Waals surface area contributed by atoms with Crippen molar-refractivity contribution in [3.8, 4) is 0 Å². The Morgan fingerprint density at radius 2 is 1.96 bits per heavy atom. The van der Waals surface area contributed by atoms with E-state index in [2.05, 4.69) is 21.8 Å². The molecule has 1 saturated heterocycles. The van der Waals surface area contributed by atoms with Crippen LogP contribution < -0.4 is 4.90 Å². The summed E-state index contributed by atoms with van der Waals surface area (Å²) in [6, 6.07) is 0. The molecular weight excluding hydrogens is 306 g/mol. The average molecular weight is 331 g/mol. The van der Waals surface area contributed by atoms with Crippen LogP contribution in [-0.2, 0) is 11.3 Å². The van der Waals surface area contributed by atoms with E-state index in [9.17, 15) is 4.79 Å². The van der Waals surface area contributed by atoms with Crippen molar-refractivity contribution in [1.82, 2.24) is 19.4 Å². The third kappa shape index (κ3) is 2.84. The fourth-order valence-corrected chi connectivity index (χ4v) is 3.17. The lowest BCUT2D eigenvalue weighted by molar-refractivity contribution is 0.0527. The number of anilines is 1. The Balaban J connectivity index is 2.14. The zero-order valence-electron chi connectivity index (χ0n) is 14.9. The van der Waals surface area contributed by atoms with Crippen LogP contribution in [0.5, 0.6) is 0 Å². The van der Waals surface area contributed by atoms with Gasteiger partial charge in [-0.25, -0.2) is 14.8 Å². The summed E-state index contributed by atoms with van der Waals surface area (Å²) in [7, 11) is 2.13. The molecule has 0 N–H and O–H groups in total. The predicted molar refractivity (Wildman–Crippen MR) is 93.6 cm³/mol. The van der Waals surface area contributed by atoms with Crippen LogP contribution in [0.15, 0.2) is 6.33 Å². The maximum atomic E-state index is 12.5. The summed E-state index contributed by atoms with van der Waals surface area (Å²) in [4.78, 5) is 26.3. The van der Waals surface area contributed by atoms with E-state index in [0.717, 1.165) is 49.6 Å². The molecule has 7 nitrogen and oxygen atoms in total. The van der Waals surface area contributed by atoms with Crippen LogP contribution in [0.3, 0.4) is 0 Å². The minimum atomic E-state index is -0.326. The molecule has 2 aromatic rings. The molecule has 3 heterocycles. The van der Waals surface area contributed by atoms with E-state index >= 15 is 0 Å². The van der Waals surface area contributed by atoms with Crippen molar-refractivity contribution in [3.05, 3.63) is 17.6 Å². The standard InChI is InChI=1S/C17H25N5O2/c1-5-21-11-18-14-15(21)13(17(23)24-6-2)12(3)19-16(14)22-9-7-20(4)8-10-22/h11H,5-10H2,1-4H3. The van der Waals surface area contributed by atoms with Crippen molar-refractivity contribution in [3.63, 3.8) is 0 Å². The number of imidazole rings is 1. The fraction of sp³-hybridized carbons (Fsp3) is 0.588. The van der Waals surface area contributed by atoms with Crippen LogP contribution in [0, 0.1) is 6.92 Å². The number of nitrogens with zero attached hydrogens (tertiary/aromatic N) is 5. The number of hydrogen-bond acceptors (Lipinski definition) is 6. The second kappa shape index (κ2) is 6.76. The van der Waals surface area contributed by atoms with Gasteiger partial charge in [-0.1, -0.05) is 0 Å². The number of carbonyl (C=O) groups excluding carboxylic acids is 1. The zero-order chi connectivity index (χ0) is 17.3. The van der Waals surface area contributed by atoms with Gasteiger partial charge in [0.2, 0.25) is 0 Å². The van der Waals surface area contributed by atoms with E-state index in [-0.39, 0.29) is 5.97 Å². The van der Waals surface area contributed by atoms with Crippen LogP contribution in [0.4, 0.5) is 5.82 Å². The molecule has 1 aliphatic rings. The van der Waals surface area contributed by atoms with E-state index in [1.807, 2.05) is 25.3 Å². The van der Waals surface area contributed by atoms with E-state index in [0.29, 0.717) is 17.9 Å². The Labute approximate surface area is 142 Å². The summed E-state index contributed by atoms with van der Waals surface area (Å²) in [6.45, 7) is 10.6. The summed E-state index contributed by atoms with van der Waals surface area (Å²) in [5.41, 5.74) is 2.85. The fourth-order valence-electron chi connectivity index (χ4n) is 3.17. The number of esters is 1. The third-order valence-electron chi connectivity index (χ3n) is 4.54. The largest absolute Gasteiger partial charge is 0.462 e. The first-order chi connectivity index (χ1) is 11.6. The smallest absolute Gasteiger partial charge is 0.342 e. The summed E-state index contributed by atoms with van der Waals surface area (Å²) < 4.78 is 7.24. The molecule has 0 spiro atoms. The summed E-state index contributed by atoms with van der Waals surface area (Å²) in [6.07, 6.45) is 1.79. The molecule has 0 saturated carbocycles. The van der Waals surface area contributed by atoms with Gasteiger partial charge in [0.05, 0.1) is 24.1 Å². The van der Waals surface area contributed by atoms with Gasteiger partial charge in [0.1, 0.15) is 11.1 Å². The minimum absolute atomic E-state index is 0.326. The van der Waals surface area contributed by atoms with Crippen LogP contribution in [0.2, 0.25) is 0 Å². The molecule has 24 heavy (non-hydrogen) atoms. The van der Waals surface area contributed by atoms with E-state index in [1.54, 1.807) is 6.33 Å². The Morgan fingerprint density at radius 3 is 2.58 bits per heavy atom. The molecule has 2 aromatic heterocycles. The number of pyridine rings is 1. The first kappa shape index (κ1) is 16.7. The number of piperazine rings is 1. The maximum Gasteiger partial charge on any atom is 0.342 e. The van der Waals surface area contributed by atoms with Gasteiger partial charge in [-0.2, -0.15) is 0 Å². The van der Waals surface area contributed by atoms with Gasteiger partial charge in [0.25, 0.3) is 0 Å². The number of likely N-dealkylation sites (N-methyl/N-ethyl adjacent to an activating group) is 1. The highest BCUT2D eigenvalue weighted by molar-refractivity contribution is 6.05. The molecule has 0 bridgehead atoms. The van der Waals surface area contributed by atoms with Crippen molar-refractivity contribution >= 4 is 22.8 Å². The number of carbonyl (C=O) groups is 1. The number of aromatic nitrogens is 3. The van der Waals surface area contributed by atoms with Crippen LogP contribution in [-0.4, -0.2) is 65.2 Å². The number of hydrogen-bond donors (Lipinski definition) is 0. The molecule has 0 unspecified atom stereocenters. The monoisotopic (exact) mass is 331 g/mol. The summed E-state index contributed by atoms with van der Waals surface area (Å²) in [5.74, 6) is 0.545. The van der Waals surface area contributed by atoms with Gasteiger partial charge in [0.15, 0.2) is 5.82 Å². The van der Waals surface area contributed by atoms with Gasteiger partial charge in [-0.05, 0) is 27.8 Å². The van der Waals surface area contributed by atoms with E-state index < -0.39 is 0 Å². The van der Waals surface area contributed by atoms with Crippen molar-refractivity contribution in [1.29, 1.82) is 0 Å². The lowest BCUT2D eigenvalue weighted by atomic mass is 10.1. The van der Waals surface area contributed by atoms with Gasteiger partial charge in [-0.15, -0.1) is 0 Å². The molecule has 130 valence electrons. The number of fused-ring (bicyclic) bond motifs is 1. The molecule has 7 heteroatoms. The molecular formula is C17H25N5O2. The number of rotatable bonds is 4. The molecule has 1 aliphatic heterocycles. The molecule has 1 fully saturated rings. The average Bonchev–Trinajstić information content (AvgIpc) is 2.98. The van der Waals surface area contributed by atoms with Gasteiger partial charge >= 0.3 is 5.97 Å². The number of ether oxygens (including phenoxy) is 1. The first-order valence-corrected chi connectivity index (χ1v) is 8.52. The molecule has 3 rings (SSSR count). The van der Waals surface area contributed by atoms with Gasteiger partial charge < -0.3 is 19.1 Å². The minimum Gasteiger partial charge on any atom is -0.462 e. The lowest BCUT2D eigenvalue weighted by Gasteiger charge is -2.33. The summed E-state index contributed by atoms with van der Waals surface area (Å²) >= 11 is 0. The molecule has 0 amide bonds. The summed E-state index contributed by atoms with van der Waals surface area (Å²) in [5, 5.41) is 0. The highest BCUT2D eigenvalue weighted by atomic mass is 16.5. The zero-order valence-corrected chi connectivity index (χ0v) is 14.9. The normalized spacial score (nSPS) is 15.9. The van der Waals surface area contributed by atoms with Crippen molar-refractivity contribution in [2.45, 2.75) is 27.3 Å². The van der Waals surface area contributed by atoms with Crippen molar-refractivity contribution in [2.24, 2.45) is 0 Å². The Hall–Kier alpha value is -2.15. The van der Waals surface area contributed by atoms with Crippen LogP contribution >= 0.6 is 0 Å². The van der Waals surface area contributed by atoms with E-state index in [4.69, 9.17) is 9.72 Å². The first-order valence-electron chi connectivity index (χ1n) is 8.52. The molecule has 0 aromatic carbocycles. The highest BCUT2D eigenvalue weighted by Crippen LogP contribution is 2.30. The predicted octanol–water partition coefficient (Wildman–Crippen LogP) is 1.69. The second-order valence-corrected chi connectivity index (χ2v) is 6.13. The quantitative estimate of drug-likeness (QED) is 0.795.